The number of carboxylic acid groups (broad SMARTS) is 1. The van der Waals surface area contributed by atoms with Gasteiger partial charge in [-0.05, 0) is 31.9 Å². The van der Waals surface area contributed by atoms with Crippen molar-refractivity contribution in [2.75, 3.05) is 12.4 Å². The van der Waals surface area contributed by atoms with Crippen molar-refractivity contribution in [1.29, 1.82) is 0 Å². The van der Waals surface area contributed by atoms with E-state index in [4.69, 9.17) is 9.84 Å². The molecule has 0 saturated heterocycles. The topological polar surface area (TPSA) is 121 Å². The van der Waals surface area contributed by atoms with Gasteiger partial charge in [-0.2, -0.15) is 0 Å². The number of esters is 1. The van der Waals surface area contributed by atoms with Gasteiger partial charge in [0.2, 0.25) is 0 Å². The highest BCUT2D eigenvalue weighted by atomic mass is 32.2. The number of benzene rings is 1. The minimum Gasteiger partial charge on any atom is -0.481 e. The molecule has 1 atom stereocenters. The van der Waals surface area contributed by atoms with E-state index < -0.39 is 23.2 Å². The van der Waals surface area contributed by atoms with Gasteiger partial charge in [-0.3, -0.25) is 15.0 Å². The Morgan fingerprint density at radius 3 is 2.50 bits per heavy atom. The molecule has 0 bridgehead atoms. The number of ether oxygens (including phenoxy) is 1. The molecule has 1 aromatic carbocycles. The van der Waals surface area contributed by atoms with Crippen molar-refractivity contribution in [1.82, 2.24) is 15.8 Å². The van der Waals surface area contributed by atoms with E-state index in [1.165, 1.54) is 0 Å². The van der Waals surface area contributed by atoms with Gasteiger partial charge < -0.3 is 14.8 Å². The summed E-state index contributed by atoms with van der Waals surface area (Å²) in [6.45, 7) is 5.31. The number of H-pyrrole nitrogens is 1. The van der Waals surface area contributed by atoms with E-state index in [1.807, 2.05) is 30.3 Å². The maximum atomic E-state index is 12.6. The van der Waals surface area contributed by atoms with Crippen LogP contribution in [-0.4, -0.2) is 40.3 Å². The number of thioether (sulfide) groups is 1. The van der Waals surface area contributed by atoms with Crippen molar-refractivity contribution in [3.63, 3.8) is 0 Å². The normalized spacial score (nSPS) is 11.7. The molecule has 1 amide bonds. The van der Waals surface area contributed by atoms with Crippen LogP contribution in [0.15, 0.2) is 30.3 Å². The summed E-state index contributed by atoms with van der Waals surface area (Å²) in [6, 6.07) is 9.18. The second kappa shape index (κ2) is 9.95. The standard InChI is InChI=1S/C19H23N3O5S/c1-4-27-19(26)15-11(2)16(20-12(15)3)17(25)21-22-18(28-10-14(23)24)13-8-6-5-7-9-13/h5-9,18,20,22H,4,10H2,1-3H3,(H,21,25)(H,23,24)/t18-/m1/s1. The van der Waals surface area contributed by atoms with Crippen LogP contribution in [0.1, 0.15) is 50.0 Å². The summed E-state index contributed by atoms with van der Waals surface area (Å²) < 4.78 is 5.03. The van der Waals surface area contributed by atoms with E-state index in [2.05, 4.69) is 15.8 Å². The van der Waals surface area contributed by atoms with Crippen LogP contribution in [0.4, 0.5) is 0 Å². The van der Waals surface area contributed by atoms with Crippen LogP contribution in [0.2, 0.25) is 0 Å². The molecule has 0 radical (unpaired) electrons. The zero-order chi connectivity index (χ0) is 20.7. The Labute approximate surface area is 167 Å². The third-order valence-corrected chi connectivity index (χ3v) is 5.07. The molecule has 0 spiro atoms. The second-order valence-corrected chi connectivity index (χ2v) is 7.03. The Balaban J connectivity index is 2.13. The molecular formula is C19H23N3O5S. The number of hydrazine groups is 1. The van der Waals surface area contributed by atoms with Crippen LogP contribution in [0.3, 0.4) is 0 Å². The van der Waals surface area contributed by atoms with Crippen molar-refractivity contribution in [2.24, 2.45) is 0 Å². The summed E-state index contributed by atoms with van der Waals surface area (Å²) >= 11 is 1.13. The fraction of sp³-hybridized carbons (Fsp3) is 0.316. The fourth-order valence-electron chi connectivity index (χ4n) is 2.68. The highest BCUT2D eigenvalue weighted by Crippen LogP contribution is 2.25. The third-order valence-electron chi connectivity index (χ3n) is 3.94. The molecule has 0 fully saturated rings. The lowest BCUT2D eigenvalue weighted by Gasteiger charge is -2.18. The van der Waals surface area contributed by atoms with E-state index >= 15 is 0 Å². The Morgan fingerprint density at radius 2 is 1.89 bits per heavy atom. The van der Waals surface area contributed by atoms with E-state index in [9.17, 15) is 14.4 Å². The molecular weight excluding hydrogens is 382 g/mol. The molecule has 0 aliphatic carbocycles. The van der Waals surface area contributed by atoms with Gasteiger partial charge in [0.05, 0.1) is 23.3 Å². The van der Waals surface area contributed by atoms with Gasteiger partial charge in [-0.1, -0.05) is 30.3 Å². The first-order valence-corrected chi connectivity index (χ1v) is 9.70. The van der Waals surface area contributed by atoms with Gasteiger partial charge in [0.15, 0.2) is 0 Å². The van der Waals surface area contributed by atoms with Crippen LogP contribution in [0, 0.1) is 13.8 Å². The predicted molar refractivity (Wildman–Crippen MR) is 106 cm³/mol. The molecule has 0 saturated carbocycles. The molecule has 2 aromatic rings. The smallest absolute Gasteiger partial charge is 0.340 e. The van der Waals surface area contributed by atoms with Gasteiger partial charge in [0.25, 0.3) is 5.91 Å². The number of carbonyl (C=O) groups excluding carboxylic acids is 2. The lowest BCUT2D eigenvalue weighted by Crippen LogP contribution is -2.39. The van der Waals surface area contributed by atoms with E-state index in [-0.39, 0.29) is 18.1 Å². The lowest BCUT2D eigenvalue weighted by atomic mass is 10.1. The van der Waals surface area contributed by atoms with Gasteiger partial charge in [-0.25, -0.2) is 10.2 Å². The number of amides is 1. The molecule has 150 valence electrons. The molecule has 4 N–H and O–H groups in total. The molecule has 1 heterocycles. The number of carbonyl (C=O) groups is 3. The first kappa shape index (κ1) is 21.5. The van der Waals surface area contributed by atoms with E-state index in [0.29, 0.717) is 16.8 Å². The van der Waals surface area contributed by atoms with Crippen molar-refractivity contribution in [3.05, 3.63) is 58.4 Å². The van der Waals surface area contributed by atoms with Crippen molar-refractivity contribution in [2.45, 2.75) is 26.1 Å². The molecule has 0 aliphatic rings. The zero-order valence-electron chi connectivity index (χ0n) is 15.9. The maximum absolute atomic E-state index is 12.6. The average Bonchev–Trinajstić information content (AvgIpc) is 2.96. The molecule has 8 nitrogen and oxygen atoms in total. The number of aryl methyl sites for hydroxylation is 1. The molecule has 28 heavy (non-hydrogen) atoms. The number of aromatic amines is 1. The Hall–Kier alpha value is -2.78. The summed E-state index contributed by atoms with van der Waals surface area (Å²) in [5, 5.41) is 8.49. The average molecular weight is 405 g/mol. The van der Waals surface area contributed by atoms with Crippen molar-refractivity contribution < 1.29 is 24.2 Å². The third kappa shape index (κ3) is 5.37. The Morgan fingerprint density at radius 1 is 1.21 bits per heavy atom. The van der Waals surface area contributed by atoms with Crippen molar-refractivity contribution >= 4 is 29.6 Å². The maximum Gasteiger partial charge on any atom is 0.340 e. The van der Waals surface area contributed by atoms with Crippen molar-refractivity contribution in [3.8, 4) is 0 Å². The highest BCUT2D eigenvalue weighted by Gasteiger charge is 2.23. The Bertz CT molecular complexity index is 851. The monoisotopic (exact) mass is 405 g/mol. The first-order chi connectivity index (χ1) is 13.3. The predicted octanol–water partition coefficient (Wildman–Crippen LogP) is 2.56. The quantitative estimate of drug-likeness (QED) is 0.287. The summed E-state index contributed by atoms with van der Waals surface area (Å²) in [4.78, 5) is 38.5. The number of nitrogens with one attached hydrogen (secondary N) is 3. The van der Waals surface area contributed by atoms with Gasteiger partial charge >= 0.3 is 11.9 Å². The van der Waals surface area contributed by atoms with Gasteiger partial charge in [0, 0.05) is 5.69 Å². The summed E-state index contributed by atoms with van der Waals surface area (Å²) in [5.41, 5.74) is 7.88. The number of aromatic nitrogens is 1. The molecule has 0 unspecified atom stereocenters. The van der Waals surface area contributed by atoms with Crippen LogP contribution < -0.4 is 10.9 Å². The number of aliphatic carboxylic acids is 1. The van der Waals surface area contributed by atoms with Gasteiger partial charge in [-0.15, -0.1) is 11.8 Å². The van der Waals surface area contributed by atoms with Crippen LogP contribution >= 0.6 is 11.8 Å². The van der Waals surface area contributed by atoms with Gasteiger partial charge in [0.1, 0.15) is 5.69 Å². The fourth-order valence-corrected chi connectivity index (χ4v) is 3.48. The molecule has 0 aliphatic heterocycles. The number of hydrogen-bond acceptors (Lipinski definition) is 6. The zero-order valence-corrected chi connectivity index (χ0v) is 16.7. The Kier molecular flexibility index (Phi) is 7.65. The lowest BCUT2D eigenvalue weighted by molar-refractivity contribution is -0.133. The first-order valence-electron chi connectivity index (χ1n) is 8.65. The summed E-state index contributed by atoms with van der Waals surface area (Å²) in [6.07, 6.45) is 0. The number of rotatable bonds is 9. The molecule has 9 heteroatoms. The van der Waals surface area contributed by atoms with E-state index in [0.717, 1.165) is 17.3 Å². The number of hydrogen-bond donors (Lipinski definition) is 4. The SMILES string of the molecule is CCOC(=O)c1c(C)[nH]c(C(=O)NN[C@H](SCC(=O)O)c2ccccc2)c1C. The van der Waals surface area contributed by atoms with Crippen LogP contribution in [0.25, 0.3) is 0 Å². The largest absolute Gasteiger partial charge is 0.481 e. The molecule has 1 aromatic heterocycles. The molecule has 2 rings (SSSR count). The number of carboxylic acids is 1. The minimum atomic E-state index is -0.950. The van der Waals surface area contributed by atoms with Crippen LogP contribution in [0.5, 0.6) is 0 Å². The minimum absolute atomic E-state index is 0.129. The van der Waals surface area contributed by atoms with E-state index in [1.54, 1.807) is 20.8 Å². The summed E-state index contributed by atoms with van der Waals surface area (Å²) in [7, 11) is 0. The highest BCUT2D eigenvalue weighted by molar-refractivity contribution is 8.00. The summed E-state index contributed by atoms with van der Waals surface area (Å²) in [5.74, 6) is -2.03. The second-order valence-electron chi connectivity index (χ2n) is 5.94. The van der Waals surface area contributed by atoms with Crippen LogP contribution in [-0.2, 0) is 9.53 Å².